The van der Waals surface area contributed by atoms with E-state index in [2.05, 4.69) is 53.7 Å². The maximum Gasteiger partial charge on any atom is 0.0842 e. The van der Waals surface area contributed by atoms with Crippen LogP contribution in [0.25, 0.3) is 0 Å². The third kappa shape index (κ3) is 5.52. The van der Waals surface area contributed by atoms with Crippen LogP contribution in [0.3, 0.4) is 0 Å². The van der Waals surface area contributed by atoms with Crippen LogP contribution in [0.15, 0.2) is 35.4 Å². The van der Waals surface area contributed by atoms with Crippen molar-refractivity contribution < 1.29 is 0 Å². The molecule has 0 radical (unpaired) electrons. The Hall–Kier alpha value is -1.33. The normalized spacial score (nSPS) is 12.5. The monoisotopic (exact) mass is 304 g/mol. The largest absolute Gasteiger partial charge is 0.313 e. The maximum atomic E-state index is 4.19. The number of nitrogens with one attached hydrogen (secondary N) is 1. The van der Waals surface area contributed by atoms with E-state index in [9.17, 15) is 0 Å². The fraction of sp³-hybridized carbons (Fsp3) is 0.500. The number of nitrogens with zero attached hydrogens (tertiary/aromatic N) is 3. The van der Waals surface area contributed by atoms with Crippen molar-refractivity contribution >= 4 is 11.8 Å². The van der Waals surface area contributed by atoms with Gasteiger partial charge in [0.2, 0.25) is 0 Å². The first-order valence-corrected chi connectivity index (χ1v) is 8.44. The summed E-state index contributed by atoms with van der Waals surface area (Å²) in [6, 6.07) is 9.14. The standard InChI is InChI=1S/C16H24N4S/c1-4-9-17-15(10-14-11-20(3)19-18-14)12-21-16-7-5-13(2)6-8-16/h5-8,11,15,17H,4,9-10,12H2,1-3H3. The molecule has 0 saturated carbocycles. The van der Waals surface area contributed by atoms with E-state index >= 15 is 0 Å². The van der Waals surface area contributed by atoms with Crippen molar-refractivity contribution in [1.82, 2.24) is 20.3 Å². The first kappa shape index (κ1) is 16.0. The molecule has 1 atom stereocenters. The van der Waals surface area contributed by atoms with Crippen molar-refractivity contribution in [3.8, 4) is 0 Å². The fourth-order valence-corrected chi connectivity index (χ4v) is 3.07. The Morgan fingerprint density at radius 3 is 2.67 bits per heavy atom. The molecule has 0 saturated heterocycles. The second kappa shape index (κ2) is 8.20. The van der Waals surface area contributed by atoms with Gasteiger partial charge in [0.1, 0.15) is 0 Å². The predicted molar refractivity (Wildman–Crippen MR) is 88.7 cm³/mol. The van der Waals surface area contributed by atoms with E-state index < -0.39 is 0 Å². The molecule has 1 N–H and O–H groups in total. The zero-order valence-corrected chi connectivity index (χ0v) is 13.9. The summed E-state index contributed by atoms with van der Waals surface area (Å²) in [6.07, 6.45) is 4.07. The van der Waals surface area contributed by atoms with Crippen LogP contribution < -0.4 is 5.32 Å². The van der Waals surface area contributed by atoms with E-state index in [-0.39, 0.29) is 0 Å². The molecule has 1 heterocycles. The molecule has 114 valence electrons. The minimum atomic E-state index is 0.424. The lowest BCUT2D eigenvalue weighted by molar-refractivity contribution is 0.544. The first-order valence-electron chi connectivity index (χ1n) is 7.45. The second-order valence-corrected chi connectivity index (χ2v) is 6.46. The fourth-order valence-electron chi connectivity index (χ4n) is 2.11. The molecule has 5 heteroatoms. The van der Waals surface area contributed by atoms with Gasteiger partial charge in [-0.1, -0.05) is 29.8 Å². The molecule has 0 aliphatic rings. The smallest absolute Gasteiger partial charge is 0.0842 e. The van der Waals surface area contributed by atoms with Gasteiger partial charge in [0.25, 0.3) is 0 Å². The van der Waals surface area contributed by atoms with Crippen LogP contribution in [0.2, 0.25) is 0 Å². The Balaban J connectivity index is 1.90. The lowest BCUT2D eigenvalue weighted by atomic mass is 10.2. The minimum absolute atomic E-state index is 0.424. The third-order valence-electron chi connectivity index (χ3n) is 3.26. The highest BCUT2D eigenvalue weighted by Crippen LogP contribution is 2.20. The lowest BCUT2D eigenvalue weighted by Crippen LogP contribution is -2.34. The average molecular weight is 304 g/mol. The van der Waals surface area contributed by atoms with Crippen LogP contribution in [-0.2, 0) is 13.5 Å². The van der Waals surface area contributed by atoms with Crippen molar-refractivity contribution in [2.75, 3.05) is 12.3 Å². The quantitative estimate of drug-likeness (QED) is 0.762. The van der Waals surface area contributed by atoms with Crippen LogP contribution in [-0.4, -0.2) is 33.3 Å². The van der Waals surface area contributed by atoms with E-state index in [0.29, 0.717) is 6.04 Å². The Morgan fingerprint density at radius 1 is 1.29 bits per heavy atom. The number of hydrogen-bond donors (Lipinski definition) is 1. The third-order valence-corrected chi connectivity index (χ3v) is 4.44. The molecule has 1 unspecified atom stereocenters. The second-order valence-electron chi connectivity index (χ2n) is 5.36. The SMILES string of the molecule is CCCNC(CSc1ccc(C)cc1)Cc1cn(C)nn1. The Labute approximate surface area is 131 Å². The molecule has 0 aliphatic carbocycles. The van der Waals surface area contributed by atoms with Gasteiger partial charge in [-0.25, -0.2) is 0 Å². The van der Waals surface area contributed by atoms with Gasteiger partial charge in [0.15, 0.2) is 0 Å². The van der Waals surface area contributed by atoms with Gasteiger partial charge in [-0.3, -0.25) is 4.68 Å². The molecule has 0 amide bonds. The Bertz CT molecular complexity index is 535. The van der Waals surface area contributed by atoms with Crippen molar-refractivity contribution in [2.24, 2.45) is 7.05 Å². The van der Waals surface area contributed by atoms with Crippen molar-refractivity contribution in [3.05, 3.63) is 41.7 Å². The van der Waals surface area contributed by atoms with Crippen molar-refractivity contribution in [1.29, 1.82) is 0 Å². The van der Waals surface area contributed by atoms with Gasteiger partial charge in [0, 0.05) is 36.4 Å². The van der Waals surface area contributed by atoms with E-state index in [1.807, 2.05) is 25.0 Å². The summed E-state index contributed by atoms with van der Waals surface area (Å²) in [6.45, 7) is 5.35. The van der Waals surface area contributed by atoms with Crippen LogP contribution >= 0.6 is 11.8 Å². The highest BCUT2D eigenvalue weighted by molar-refractivity contribution is 7.99. The van der Waals surface area contributed by atoms with E-state index in [1.165, 1.54) is 10.5 Å². The number of benzene rings is 1. The van der Waals surface area contributed by atoms with Gasteiger partial charge >= 0.3 is 0 Å². The highest BCUT2D eigenvalue weighted by atomic mass is 32.2. The summed E-state index contributed by atoms with van der Waals surface area (Å²) in [5.41, 5.74) is 2.36. The lowest BCUT2D eigenvalue weighted by Gasteiger charge is -2.17. The number of aromatic nitrogens is 3. The molecule has 2 rings (SSSR count). The van der Waals surface area contributed by atoms with Crippen LogP contribution in [0.4, 0.5) is 0 Å². The summed E-state index contributed by atoms with van der Waals surface area (Å²) in [5, 5.41) is 11.8. The van der Waals surface area contributed by atoms with E-state index in [4.69, 9.17) is 0 Å². The predicted octanol–water partition coefficient (Wildman–Crippen LogP) is 2.83. The molecule has 1 aromatic carbocycles. The minimum Gasteiger partial charge on any atom is -0.313 e. The van der Waals surface area contributed by atoms with Crippen molar-refractivity contribution in [2.45, 2.75) is 37.6 Å². The van der Waals surface area contributed by atoms with Crippen molar-refractivity contribution in [3.63, 3.8) is 0 Å². The molecule has 0 bridgehead atoms. The maximum absolute atomic E-state index is 4.19. The molecule has 1 aromatic heterocycles. The highest BCUT2D eigenvalue weighted by Gasteiger charge is 2.12. The molecule has 0 fully saturated rings. The zero-order chi connectivity index (χ0) is 15.1. The number of thioether (sulfide) groups is 1. The van der Waals surface area contributed by atoms with Crippen LogP contribution in [0, 0.1) is 6.92 Å². The van der Waals surface area contributed by atoms with Gasteiger partial charge in [-0.15, -0.1) is 16.9 Å². The van der Waals surface area contributed by atoms with Gasteiger partial charge < -0.3 is 5.32 Å². The summed E-state index contributed by atoms with van der Waals surface area (Å²) in [7, 11) is 1.91. The zero-order valence-electron chi connectivity index (χ0n) is 13.0. The van der Waals surface area contributed by atoms with Gasteiger partial charge in [-0.05, 0) is 32.0 Å². The van der Waals surface area contributed by atoms with Crippen LogP contribution in [0.5, 0.6) is 0 Å². The Kier molecular flexibility index (Phi) is 6.26. The average Bonchev–Trinajstić information content (AvgIpc) is 2.89. The molecular weight excluding hydrogens is 280 g/mol. The van der Waals surface area contributed by atoms with E-state index in [0.717, 1.165) is 30.8 Å². The molecule has 2 aromatic rings. The number of aryl methyl sites for hydroxylation is 2. The van der Waals surface area contributed by atoms with Gasteiger partial charge in [-0.2, -0.15) is 0 Å². The van der Waals surface area contributed by atoms with Gasteiger partial charge in [0.05, 0.1) is 5.69 Å². The first-order chi connectivity index (χ1) is 10.2. The molecular formula is C16H24N4S. The van der Waals surface area contributed by atoms with E-state index in [1.54, 1.807) is 4.68 Å². The molecule has 0 spiro atoms. The summed E-state index contributed by atoms with van der Waals surface area (Å²) in [5.74, 6) is 1.04. The van der Waals surface area contributed by atoms with Crippen LogP contribution in [0.1, 0.15) is 24.6 Å². The summed E-state index contributed by atoms with van der Waals surface area (Å²) >= 11 is 1.90. The molecule has 0 aliphatic heterocycles. The number of rotatable bonds is 8. The molecule has 4 nitrogen and oxygen atoms in total. The number of hydrogen-bond acceptors (Lipinski definition) is 4. The Morgan fingerprint density at radius 2 is 2.05 bits per heavy atom. The topological polar surface area (TPSA) is 42.7 Å². The molecule has 21 heavy (non-hydrogen) atoms. The summed E-state index contributed by atoms with van der Waals surface area (Å²) in [4.78, 5) is 1.32. The summed E-state index contributed by atoms with van der Waals surface area (Å²) < 4.78 is 1.76.